The number of halogens is 4. The van der Waals surface area contributed by atoms with Crippen molar-refractivity contribution in [3.8, 4) is 0 Å². The lowest BCUT2D eigenvalue weighted by Gasteiger charge is -2.35. The SMILES string of the molecule is C[C@H]1CN(C(=O)CCn2nc(C(F)(F)F)c(Cl)c2C2CC2)C[C@H](C)O1. The normalized spacial score (nSPS) is 24.6. The molecule has 9 heteroatoms. The number of morpholine rings is 1. The van der Waals surface area contributed by atoms with E-state index >= 15 is 0 Å². The van der Waals surface area contributed by atoms with E-state index in [1.54, 1.807) is 4.90 Å². The molecule has 0 N–H and O–H groups in total. The molecule has 0 aromatic carbocycles. The molecule has 2 fully saturated rings. The minimum Gasteiger partial charge on any atom is -0.372 e. The molecule has 1 aliphatic carbocycles. The van der Waals surface area contributed by atoms with Crippen molar-refractivity contribution in [1.29, 1.82) is 0 Å². The van der Waals surface area contributed by atoms with Crippen LogP contribution < -0.4 is 0 Å². The second-order valence-corrected chi connectivity index (χ2v) is 7.23. The van der Waals surface area contributed by atoms with Crippen molar-refractivity contribution in [3.05, 3.63) is 16.4 Å². The largest absolute Gasteiger partial charge is 0.436 e. The van der Waals surface area contributed by atoms with Gasteiger partial charge in [-0.3, -0.25) is 9.48 Å². The number of hydrogen-bond donors (Lipinski definition) is 0. The maximum Gasteiger partial charge on any atom is 0.436 e. The first-order valence-corrected chi connectivity index (χ1v) is 8.81. The predicted molar refractivity (Wildman–Crippen MR) is 85.4 cm³/mol. The van der Waals surface area contributed by atoms with Gasteiger partial charge in [-0.2, -0.15) is 18.3 Å². The van der Waals surface area contributed by atoms with Gasteiger partial charge in [0.25, 0.3) is 0 Å². The summed E-state index contributed by atoms with van der Waals surface area (Å²) in [5.74, 6) is -0.0986. The molecule has 5 nitrogen and oxygen atoms in total. The Balaban J connectivity index is 1.71. The molecule has 0 unspecified atom stereocenters. The van der Waals surface area contributed by atoms with E-state index in [0.29, 0.717) is 18.8 Å². The molecule has 140 valence electrons. The maximum atomic E-state index is 13.1. The zero-order valence-electron chi connectivity index (χ0n) is 14.1. The Morgan fingerprint density at radius 1 is 1.28 bits per heavy atom. The standard InChI is InChI=1S/C16H21ClF3N3O2/c1-9-7-22(8-10(2)25-9)12(24)5-6-23-14(11-3-4-11)13(17)15(21-23)16(18,19)20/h9-11H,3-8H2,1-2H3/t9-,10-/m0/s1. The second-order valence-electron chi connectivity index (χ2n) is 6.85. The lowest BCUT2D eigenvalue weighted by molar-refractivity contribution is -0.143. The number of ether oxygens (including phenoxy) is 1. The topological polar surface area (TPSA) is 47.4 Å². The van der Waals surface area contributed by atoms with Crippen LogP contribution in [0.4, 0.5) is 13.2 Å². The first kappa shape index (κ1) is 18.5. The molecule has 1 saturated heterocycles. The zero-order valence-corrected chi connectivity index (χ0v) is 14.9. The van der Waals surface area contributed by atoms with E-state index < -0.39 is 11.9 Å². The second kappa shape index (κ2) is 6.79. The number of alkyl halides is 3. The number of hydrogen-bond acceptors (Lipinski definition) is 3. The smallest absolute Gasteiger partial charge is 0.372 e. The van der Waals surface area contributed by atoms with Crippen molar-refractivity contribution in [2.45, 2.75) is 64.0 Å². The molecule has 2 aliphatic rings. The quantitative estimate of drug-likeness (QED) is 0.805. The minimum absolute atomic E-state index is 0.00892. The van der Waals surface area contributed by atoms with Gasteiger partial charge in [0.15, 0.2) is 5.69 Å². The van der Waals surface area contributed by atoms with Crippen LogP contribution in [0.1, 0.15) is 50.4 Å². The van der Waals surface area contributed by atoms with Crippen LogP contribution in [0.2, 0.25) is 5.02 Å². The summed E-state index contributed by atoms with van der Waals surface area (Å²) in [5, 5.41) is 3.33. The lowest BCUT2D eigenvalue weighted by Crippen LogP contribution is -2.48. The number of carbonyl (C=O) groups is 1. The molecular weight excluding hydrogens is 359 g/mol. The van der Waals surface area contributed by atoms with Gasteiger partial charge >= 0.3 is 6.18 Å². The van der Waals surface area contributed by atoms with Gasteiger partial charge in [-0.05, 0) is 26.7 Å². The predicted octanol–water partition coefficient (Wildman–Crippen LogP) is 3.46. The van der Waals surface area contributed by atoms with Gasteiger partial charge in [0.1, 0.15) is 0 Å². The van der Waals surface area contributed by atoms with Gasteiger partial charge in [0, 0.05) is 25.4 Å². The van der Waals surface area contributed by atoms with E-state index in [9.17, 15) is 18.0 Å². The van der Waals surface area contributed by atoms with Crippen LogP contribution in [0.5, 0.6) is 0 Å². The maximum absolute atomic E-state index is 13.1. The van der Waals surface area contributed by atoms with Crippen LogP contribution >= 0.6 is 11.6 Å². The van der Waals surface area contributed by atoms with Crippen LogP contribution in [0, 0.1) is 0 Å². The number of aryl methyl sites for hydroxylation is 1. The summed E-state index contributed by atoms with van der Waals surface area (Å²) in [6, 6.07) is 0. The highest BCUT2D eigenvalue weighted by molar-refractivity contribution is 6.32. The van der Waals surface area contributed by atoms with Crippen LogP contribution in [0.25, 0.3) is 0 Å². The van der Waals surface area contributed by atoms with Gasteiger partial charge in [-0.1, -0.05) is 11.6 Å². The summed E-state index contributed by atoms with van der Waals surface area (Å²) in [6.45, 7) is 4.87. The van der Waals surface area contributed by atoms with Crippen LogP contribution in [0.15, 0.2) is 0 Å². The molecule has 0 spiro atoms. The molecule has 1 aromatic heterocycles. The van der Waals surface area contributed by atoms with Crippen molar-refractivity contribution < 1.29 is 22.7 Å². The van der Waals surface area contributed by atoms with Crippen LogP contribution in [-0.2, 0) is 22.3 Å². The van der Waals surface area contributed by atoms with E-state index in [1.807, 2.05) is 13.8 Å². The highest BCUT2D eigenvalue weighted by atomic mass is 35.5. The summed E-state index contributed by atoms with van der Waals surface area (Å²) < 4.78 is 46.0. The number of nitrogens with zero attached hydrogens (tertiary/aromatic N) is 3. The Labute approximate surface area is 149 Å². The Morgan fingerprint density at radius 2 is 1.88 bits per heavy atom. The molecule has 3 rings (SSSR count). The fourth-order valence-electron chi connectivity index (χ4n) is 3.29. The van der Waals surface area contributed by atoms with Gasteiger partial charge in [-0.15, -0.1) is 0 Å². The van der Waals surface area contributed by atoms with Gasteiger partial charge in [-0.25, -0.2) is 0 Å². The molecule has 1 saturated carbocycles. The van der Waals surface area contributed by atoms with E-state index in [0.717, 1.165) is 12.8 Å². The van der Waals surface area contributed by atoms with E-state index in [2.05, 4.69) is 5.10 Å². The Morgan fingerprint density at radius 3 is 2.40 bits per heavy atom. The summed E-state index contributed by atoms with van der Waals surface area (Å²) in [5.41, 5.74) is -0.650. The third-order valence-electron chi connectivity index (χ3n) is 4.47. The fraction of sp³-hybridized carbons (Fsp3) is 0.750. The monoisotopic (exact) mass is 379 g/mol. The first-order valence-electron chi connectivity index (χ1n) is 8.43. The molecule has 1 aliphatic heterocycles. The summed E-state index contributed by atoms with van der Waals surface area (Å²) in [7, 11) is 0. The molecular formula is C16H21ClF3N3O2. The van der Waals surface area contributed by atoms with Crippen molar-refractivity contribution in [2.24, 2.45) is 0 Å². The van der Waals surface area contributed by atoms with E-state index in [-0.39, 0.29) is 42.0 Å². The summed E-state index contributed by atoms with van der Waals surface area (Å²) in [4.78, 5) is 14.1. The number of amides is 1. The van der Waals surface area contributed by atoms with Crippen molar-refractivity contribution in [3.63, 3.8) is 0 Å². The summed E-state index contributed by atoms with van der Waals surface area (Å²) >= 11 is 5.94. The number of aromatic nitrogens is 2. The molecule has 25 heavy (non-hydrogen) atoms. The van der Waals surface area contributed by atoms with Gasteiger partial charge in [0.2, 0.25) is 5.91 Å². The Bertz CT molecular complexity index is 648. The highest BCUT2D eigenvalue weighted by Crippen LogP contribution is 2.46. The molecule has 0 radical (unpaired) electrons. The highest BCUT2D eigenvalue weighted by Gasteiger charge is 2.42. The van der Waals surface area contributed by atoms with Crippen LogP contribution in [-0.4, -0.2) is 45.9 Å². The molecule has 1 amide bonds. The molecule has 0 bridgehead atoms. The Kier molecular flexibility index (Phi) is 5.03. The molecule has 2 atom stereocenters. The third-order valence-corrected chi connectivity index (χ3v) is 4.85. The first-order chi connectivity index (χ1) is 11.7. The van der Waals surface area contributed by atoms with Crippen LogP contribution in [0.3, 0.4) is 0 Å². The molecule has 2 heterocycles. The van der Waals surface area contributed by atoms with Gasteiger partial charge in [0.05, 0.1) is 29.5 Å². The molecule has 1 aromatic rings. The van der Waals surface area contributed by atoms with Crippen molar-refractivity contribution >= 4 is 17.5 Å². The van der Waals surface area contributed by atoms with Gasteiger partial charge < -0.3 is 9.64 Å². The lowest BCUT2D eigenvalue weighted by atomic mass is 10.2. The van der Waals surface area contributed by atoms with Crippen molar-refractivity contribution in [1.82, 2.24) is 14.7 Å². The number of rotatable bonds is 4. The zero-order chi connectivity index (χ0) is 18.4. The average molecular weight is 380 g/mol. The summed E-state index contributed by atoms with van der Waals surface area (Å²) in [6.07, 6.45) is -3.00. The van der Waals surface area contributed by atoms with E-state index in [1.165, 1.54) is 4.68 Å². The number of carbonyl (C=O) groups excluding carboxylic acids is 1. The average Bonchev–Trinajstić information content (AvgIpc) is 3.26. The Hall–Kier alpha value is -1.28. The van der Waals surface area contributed by atoms with E-state index in [4.69, 9.17) is 16.3 Å². The third kappa shape index (κ3) is 4.11. The minimum atomic E-state index is -4.59. The van der Waals surface area contributed by atoms with Crippen molar-refractivity contribution in [2.75, 3.05) is 13.1 Å². The fourth-order valence-corrected chi connectivity index (χ4v) is 3.69.